The van der Waals surface area contributed by atoms with E-state index in [-0.39, 0.29) is 12.0 Å². The third-order valence-corrected chi connectivity index (χ3v) is 2.62. The van der Waals surface area contributed by atoms with E-state index in [0.29, 0.717) is 12.1 Å². The number of hydrogen-bond acceptors (Lipinski definition) is 2. The van der Waals surface area contributed by atoms with Crippen LogP contribution in [0, 0.1) is 0 Å². The van der Waals surface area contributed by atoms with Crippen LogP contribution in [0.1, 0.15) is 16.8 Å². The Kier molecular flexibility index (Phi) is 2.82. The molecule has 0 aliphatic heterocycles. The van der Waals surface area contributed by atoms with Crippen molar-refractivity contribution in [1.82, 2.24) is 4.57 Å². The molecule has 0 radical (unpaired) electrons. The molecule has 88 valence electrons. The molecule has 2 aromatic rings. The van der Waals surface area contributed by atoms with Crippen LogP contribution in [0.3, 0.4) is 0 Å². The van der Waals surface area contributed by atoms with E-state index in [9.17, 15) is 9.59 Å². The lowest BCUT2D eigenvalue weighted by Gasteiger charge is -2.06. The lowest BCUT2D eigenvalue weighted by atomic mass is 10.1. The number of amides is 1. The molecular formula is C12H12N2O3. The van der Waals surface area contributed by atoms with Crippen LogP contribution < -0.4 is 5.73 Å². The number of carbonyl (C=O) groups is 2. The van der Waals surface area contributed by atoms with Gasteiger partial charge in [0.2, 0.25) is 5.91 Å². The lowest BCUT2D eigenvalue weighted by molar-refractivity contribution is -0.118. The molecule has 3 N–H and O–H groups in total. The summed E-state index contributed by atoms with van der Waals surface area (Å²) in [4.78, 5) is 21.8. The summed E-state index contributed by atoms with van der Waals surface area (Å²) in [5.41, 5.74) is 5.94. The highest BCUT2D eigenvalue weighted by molar-refractivity contribution is 6.02. The SMILES string of the molecule is NC(=O)CCn1ccc2cccc(C(=O)O)c21. The third-order valence-electron chi connectivity index (χ3n) is 2.62. The number of carbonyl (C=O) groups excluding carboxylic acids is 1. The Balaban J connectivity index is 2.49. The highest BCUT2D eigenvalue weighted by Gasteiger charge is 2.12. The van der Waals surface area contributed by atoms with Crippen molar-refractivity contribution in [3.8, 4) is 0 Å². The summed E-state index contributed by atoms with van der Waals surface area (Å²) in [6.07, 6.45) is 1.96. The van der Waals surface area contributed by atoms with Gasteiger partial charge in [-0.25, -0.2) is 4.79 Å². The van der Waals surface area contributed by atoms with Crippen LogP contribution in [-0.4, -0.2) is 21.6 Å². The van der Waals surface area contributed by atoms with E-state index in [4.69, 9.17) is 10.8 Å². The number of aromatic nitrogens is 1. The van der Waals surface area contributed by atoms with E-state index in [1.807, 2.05) is 12.1 Å². The molecule has 1 aromatic carbocycles. The number of fused-ring (bicyclic) bond motifs is 1. The quantitative estimate of drug-likeness (QED) is 0.830. The highest BCUT2D eigenvalue weighted by atomic mass is 16.4. The molecule has 0 saturated carbocycles. The maximum absolute atomic E-state index is 11.1. The van der Waals surface area contributed by atoms with Gasteiger partial charge in [-0.3, -0.25) is 4.79 Å². The van der Waals surface area contributed by atoms with E-state index < -0.39 is 11.9 Å². The molecule has 1 amide bonds. The molecule has 5 nitrogen and oxygen atoms in total. The normalized spacial score (nSPS) is 10.6. The van der Waals surface area contributed by atoms with Crippen molar-refractivity contribution < 1.29 is 14.7 Å². The zero-order valence-electron chi connectivity index (χ0n) is 9.09. The van der Waals surface area contributed by atoms with E-state index in [2.05, 4.69) is 0 Å². The Morgan fingerprint density at radius 1 is 1.29 bits per heavy atom. The number of benzene rings is 1. The van der Waals surface area contributed by atoms with Gasteiger partial charge in [0.1, 0.15) is 0 Å². The van der Waals surface area contributed by atoms with Crippen LogP contribution >= 0.6 is 0 Å². The van der Waals surface area contributed by atoms with Crippen LogP contribution in [-0.2, 0) is 11.3 Å². The molecule has 1 aromatic heterocycles. The average molecular weight is 232 g/mol. The Morgan fingerprint density at radius 3 is 2.71 bits per heavy atom. The van der Waals surface area contributed by atoms with Gasteiger partial charge in [-0.2, -0.15) is 0 Å². The number of aromatic carboxylic acids is 1. The molecule has 5 heteroatoms. The molecule has 0 atom stereocenters. The van der Waals surface area contributed by atoms with Gasteiger partial charge in [-0.05, 0) is 12.1 Å². The number of carboxylic acid groups (broad SMARTS) is 1. The summed E-state index contributed by atoms with van der Waals surface area (Å²) in [6, 6.07) is 6.90. The fraction of sp³-hybridized carbons (Fsp3) is 0.167. The number of nitrogens with zero attached hydrogens (tertiary/aromatic N) is 1. The second kappa shape index (κ2) is 4.29. The van der Waals surface area contributed by atoms with Gasteiger partial charge in [-0.1, -0.05) is 12.1 Å². The number of hydrogen-bond donors (Lipinski definition) is 2. The number of para-hydroxylation sites is 1. The monoisotopic (exact) mass is 232 g/mol. The van der Waals surface area contributed by atoms with Crippen molar-refractivity contribution in [1.29, 1.82) is 0 Å². The van der Waals surface area contributed by atoms with E-state index >= 15 is 0 Å². The average Bonchev–Trinajstić information content (AvgIpc) is 2.69. The van der Waals surface area contributed by atoms with Gasteiger partial charge in [0.05, 0.1) is 11.1 Å². The van der Waals surface area contributed by atoms with Crippen LogP contribution in [0.15, 0.2) is 30.5 Å². The first kappa shape index (κ1) is 11.2. The molecule has 0 saturated heterocycles. The summed E-state index contributed by atoms with van der Waals surface area (Å²) in [6.45, 7) is 0.392. The minimum absolute atomic E-state index is 0.192. The summed E-state index contributed by atoms with van der Waals surface area (Å²) in [7, 11) is 0. The summed E-state index contributed by atoms with van der Waals surface area (Å²) in [5, 5.41) is 9.94. The minimum Gasteiger partial charge on any atom is -0.478 e. The zero-order valence-corrected chi connectivity index (χ0v) is 9.09. The Labute approximate surface area is 97.4 Å². The second-order valence-corrected chi connectivity index (χ2v) is 3.77. The van der Waals surface area contributed by atoms with Crippen LogP contribution in [0.5, 0.6) is 0 Å². The summed E-state index contributed by atoms with van der Waals surface area (Å²) < 4.78 is 1.74. The first-order valence-electron chi connectivity index (χ1n) is 5.19. The predicted octanol–water partition coefficient (Wildman–Crippen LogP) is 1.21. The molecule has 0 aliphatic rings. The smallest absolute Gasteiger partial charge is 0.337 e. The molecular weight excluding hydrogens is 220 g/mol. The van der Waals surface area contributed by atoms with E-state index in [1.165, 1.54) is 0 Å². The van der Waals surface area contributed by atoms with Crippen molar-refractivity contribution in [3.63, 3.8) is 0 Å². The fourth-order valence-corrected chi connectivity index (χ4v) is 1.85. The maximum atomic E-state index is 11.1. The van der Waals surface area contributed by atoms with E-state index in [0.717, 1.165) is 5.39 Å². The first-order valence-corrected chi connectivity index (χ1v) is 5.19. The van der Waals surface area contributed by atoms with Gasteiger partial charge in [0, 0.05) is 24.5 Å². The first-order chi connectivity index (χ1) is 8.09. The topological polar surface area (TPSA) is 85.3 Å². The Morgan fingerprint density at radius 2 is 2.06 bits per heavy atom. The van der Waals surface area contributed by atoms with E-state index in [1.54, 1.807) is 22.9 Å². The molecule has 17 heavy (non-hydrogen) atoms. The van der Waals surface area contributed by atoms with Crippen LogP contribution in [0.2, 0.25) is 0 Å². The largest absolute Gasteiger partial charge is 0.478 e. The van der Waals surface area contributed by atoms with Crippen molar-refractivity contribution >= 4 is 22.8 Å². The highest BCUT2D eigenvalue weighted by Crippen LogP contribution is 2.20. The molecule has 0 aliphatic carbocycles. The summed E-state index contributed by atoms with van der Waals surface area (Å²) in [5.74, 6) is -1.38. The third kappa shape index (κ3) is 2.13. The van der Waals surface area contributed by atoms with Crippen LogP contribution in [0.4, 0.5) is 0 Å². The molecule has 0 unspecified atom stereocenters. The van der Waals surface area contributed by atoms with Crippen LogP contribution in [0.25, 0.3) is 10.9 Å². The number of carboxylic acids is 1. The number of rotatable bonds is 4. The minimum atomic E-state index is -0.977. The van der Waals surface area contributed by atoms with Crippen molar-refractivity contribution in [2.24, 2.45) is 5.73 Å². The lowest BCUT2D eigenvalue weighted by Crippen LogP contribution is -2.14. The van der Waals surface area contributed by atoms with Gasteiger partial charge in [-0.15, -0.1) is 0 Å². The van der Waals surface area contributed by atoms with Crippen molar-refractivity contribution in [3.05, 3.63) is 36.0 Å². The predicted molar refractivity (Wildman–Crippen MR) is 62.7 cm³/mol. The molecule has 0 bridgehead atoms. The van der Waals surface area contributed by atoms with Gasteiger partial charge in [0.25, 0.3) is 0 Å². The standard InChI is InChI=1S/C12H12N2O3/c13-10(15)5-7-14-6-4-8-2-1-3-9(11(8)14)12(16)17/h1-4,6H,5,7H2,(H2,13,15)(H,16,17). The van der Waals surface area contributed by atoms with Gasteiger partial charge >= 0.3 is 5.97 Å². The fourth-order valence-electron chi connectivity index (χ4n) is 1.85. The Bertz CT molecular complexity index is 586. The number of primary amides is 1. The zero-order chi connectivity index (χ0) is 12.4. The second-order valence-electron chi connectivity index (χ2n) is 3.77. The van der Waals surface area contributed by atoms with Gasteiger partial charge in [0.15, 0.2) is 0 Å². The Hall–Kier alpha value is -2.30. The summed E-state index contributed by atoms with van der Waals surface area (Å²) >= 11 is 0. The molecule has 1 heterocycles. The van der Waals surface area contributed by atoms with Crippen molar-refractivity contribution in [2.75, 3.05) is 0 Å². The molecule has 0 spiro atoms. The molecule has 2 rings (SSSR count). The number of nitrogens with two attached hydrogens (primary N) is 1. The number of aryl methyl sites for hydroxylation is 1. The van der Waals surface area contributed by atoms with Crippen molar-refractivity contribution in [2.45, 2.75) is 13.0 Å². The molecule has 0 fully saturated rings. The van der Waals surface area contributed by atoms with Gasteiger partial charge < -0.3 is 15.4 Å². The maximum Gasteiger partial charge on any atom is 0.337 e.